The van der Waals surface area contributed by atoms with Gasteiger partial charge in [-0.3, -0.25) is 4.79 Å². The van der Waals surface area contributed by atoms with E-state index in [4.69, 9.17) is 16.3 Å². The van der Waals surface area contributed by atoms with Gasteiger partial charge in [-0.25, -0.2) is 19.7 Å². The zero-order chi connectivity index (χ0) is 25.2. The number of alkyl halides is 3. The molecule has 4 heterocycles. The molecule has 186 valence electrons. The first-order chi connectivity index (χ1) is 16.7. The van der Waals surface area contributed by atoms with Crippen LogP contribution in [0.1, 0.15) is 6.92 Å². The minimum Gasteiger partial charge on any atom is -0.450 e. The Hall–Kier alpha value is -3.61. The average molecular weight is 512 g/mol. The van der Waals surface area contributed by atoms with E-state index in [1.807, 2.05) is 5.32 Å². The molecule has 2 amide bonds. The lowest BCUT2D eigenvalue weighted by Crippen LogP contribution is -2.61. The fraction of sp³-hybridized carbons (Fsp3) is 0.381. The minimum absolute atomic E-state index is 0.128. The standard InChI is InChI=1S/C21H21ClF3N7O3/c1-2-35-20(34)31-5-6-32(15(10-31)19(33)29-11-21(23,24)25)16-3-4-26-18(30-16)14-9-28-17-13(14)7-12(22)8-27-17/h3-4,7-9,15H,2,5-6,10-11H2,1H3,(H,27,28)(H,29,33)/t15-/m0/s1. The third-order valence-corrected chi connectivity index (χ3v) is 5.55. The number of hydrogen-bond donors (Lipinski definition) is 2. The molecule has 14 heteroatoms. The van der Waals surface area contributed by atoms with Gasteiger partial charge in [0.15, 0.2) is 5.82 Å². The van der Waals surface area contributed by atoms with Gasteiger partial charge in [0.05, 0.1) is 18.2 Å². The first-order valence-corrected chi connectivity index (χ1v) is 11.0. The number of nitrogens with zero attached hydrogens (tertiary/aromatic N) is 5. The zero-order valence-corrected chi connectivity index (χ0v) is 19.2. The third kappa shape index (κ3) is 5.56. The molecule has 4 rings (SSSR count). The Bertz CT molecular complexity index is 1240. The molecule has 10 nitrogen and oxygen atoms in total. The van der Waals surface area contributed by atoms with Crippen molar-refractivity contribution in [1.82, 2.24) is 30.2 Å². The largest absolute Gasteiger partial charge is 0.450 e. The van der Waals surface area contributed by atoms with Gasteiger partial charge in [-0.05, 0) is 19.1 Å². The highest BCUT2D eigenvalue weighted by molar-refractivity contribution is 6.31. The molecule has 1 aliphatic heterocycles. The summed E-state index contributed by atoms with van der Waals surface area (Å²) in [6.45, 7) is 0.427. The SMILES string of the molecule is CCOC(=O)N1CCN(c2ccnc(-c3c[nH]c4ncc(Cl)cc34)n2)[C@H](C(=O)NCC(F)(F)F)C1. The second-order valence-corrected chi connectivity index (χ2v) is 8.11. The molecule has 0 bridgehead atoms. The maximum atomic E-state index is 12.8. The van der Waals surface area contributed by atoms with Crippen molar-refractivity contribution in [2.24, 2.45) is 0 Å². The van der Waals surface area contributed by atoms with Crippen molar-refractivity contribution >= 4 is 40.5 Å². The summed E-state index contributed by atoms with van der Waals surface area (Å²) in [5.74, 6) is -0.269. The number of carbonyl (C=O) groups excluding carboxylic acids is 2. The number of halogens is 4. The third-order valence-electron chi connectivity index (χ3n) is 5.35. The number of anilines is 1. The Morgan fingerprint density at radius 3 is 2.86 bits per heavy atom. The van der Waals surface area contributed by atoms with Crippen LogP contribution in [0.2, 0.25) is 5.02 Å². The van der Waals surface area contributed by atoms with Gasteiger partial charge >= 0.3 is 12.3 Å². The van der Waals surface area contributed by atoms with E-state index < -0.39 is 30.8 Å². The molecule has 3 aromatic heterocycles. The fourth-order valence-electron chi connectivity index (χ4n) is 3.77. The highest BCUT2D eigenvalue weighted by atomic mass is 35.5. The Balaban J connectivity index is 1.64. The van der Waals surface area contributed by atoms with Crippen molar-refractivity contribution in [1.29, 1.82) is 0 Å². The number of rotatable bonds is 5. The van der Waals surface area contributed by atoms with Crippen LogP contribution in [0.25, 0.3) is 22.4 Å². The number of nitrogens with one attached hydrogen (secondary N) is 2. The number of aromatic nitrogens is 4. The van der Waals surface area contributed by atoms with Crippen LogP contribution in [0.15, 0.2) is 30.7 Å². The summed E-state index contributed by atoms with van der Waals surface area (Å²) < 4.78 is 43.2. The summed E-state index contributed by atoms with van der Waals surface area (Å²) in [6.07, 6.45) is -0.583. The van der Waals surface area contributed by atoms with Crippen molar-refractivity contribution < 1.29 is 27.5 Å². The van der Waals surface area contributed by atoms with Gasteiger partial charge in [-0.1, -0.05) is 11.6 Å². The Morgan fingerprint density at radius 2 is 2.11 bits per heavy atom. The van der Waals surface area contributed by atoms with Crippen molar-refractivity contribution in [2.75, 3.05) is 37.7 Å². The van der Waals surface area contributed by atoms with E-state index >= 15 is 0 Å². The second-order valence-electron chi connectivity index (χ2n) is 7.68. The molecule has 2 N–H and O–H groups in total. The molecule has 1 aliphatic rings. The number of fused-ring (bicyclic) bond motifs is 1. The smallest absolute Gasteiger partial charge is 0.409 e. The first kappa shape index (κ1) is 24.5. The van der Waals surface area contributed by atoms with E-state index in [1.165, 1.54) is 17.3 Å². The average Bonchev–Trinajstić information content (AvgIpc) is 3.25. The molecular formula is C21H21ClF3N7O3. The van der Waals surface area contributed by atoms with Crippen LogP contribution in [0, 0.1) is 0 Å². The van der Waals surface area contributed by atoms with Crippen LogP contribution in [0.5, 0.6) is 0 Å². The molecular weight excluding hydrogens is 491 g/mol. The zero-order valence-electron chi connectivity index (χ0n) is 18.5. The number of aromatic amines is 1. The summed E-state index contributed by atoms with van der Waals surface area (Å²) >= 11 is 6.07. The van der Waals surface area contributed by atoms with E-state index in [-0.39, 0.29) is 26.2 Å². The van der Waals surface area contributed by atoms with Crippen LogP contribution < -0.4 is 10.2 Å². The Labute approximate surface area is 202 Å². The molecule has 1 saturated heterocycles. The lowest BCUT2D eigenvalue weighted by Gasteiger charge is -2.40. The van der Waals surface area contributed by atoms with Gasteiger partial charge in [0.25, 0.3) is 0 Å². The maximum absolute atomic E-state index is 12.8. The number of piperazine rings is 1. The summed E-state index contributed by atoms with van der Waals surface area (Å²) in [5.41, 5.74) is 1.19. The van der Waals surface area contributed by atoms with E-state index in [2.05, 4.69) is 19.9 Å². The van der Waals surface area contributed by atoms with E-state index in [0.29, 0.717) is 33.3 Å². The van der Waals surface area contributed by atoms with Crippen molar-refractivity contribution in [3.05, 3.63) is 35.7 Å². The molecule has 0 saturated carbocycles. The monoisotopic (exact) mass is 511 g/mol. The molecule has 0 unspecified atom stereocenters. The topological polar surface area (TPSA) is 116 Å². The van der Waals surface area contributed by atoms with Gasteiger partial charge in [-0.2, -0.15) is 13.2 Å². The van der Waals surface area contributed by atoms with Gasteiger partial charge in [0.2, 0.25) is 5.91 Å². The summed E-state index contributed by atoms with van der Waals surface area (Å²) in [7, 11) is 0. The maximum Gasteiger partial charge on any atom is 0.409 e. The molecule has 35 heavy (non-hydrogen) atoms. The van der Waals surface area contributed by atoms with Crippen LogP contribution >= 0.6 is 11.6 Å². The van der Waals surface area contributed by atoms with E-state index in [0.717, 1.165) is 0 Å². The molecule has 3 aromatic rings. The first-order valence-electron chi connectivity index (χ1n) is 10.6. The second kappa shape index (κ2) is 9.94. The van der Waals surface area contributed by atoms with Gasteiger partial charge in [-0.15, -0.1) is 0 Å². The number of ether oxygens (including phenoxy) is 1. The number of amides is 2. The number of pyridine rings is 1. The molecule has 0 radical (unpaired) electrons. The van der Waals surface area contributed by atoms with Gasteiger partial charge in [0.1, 0.15) is 24.1 Å². The van der Waals surface area contributed by atoms with Crippen LogP contribution in [0.4, 0.5) is 23.8 Å². The Kier molecular flexibility index (Phi) is 6.96. The number of carbonyl (C=O) groups is 2. The van der Waals surface area contributed by atoms with Gasteiger partial charge in [0, 0.05) is 42.6 Å². The molecule has 1 fully saturated rings. The molecule has 0 spiro atoms. The molecule has 0 aliphatic carbocycles. The van der Waals surface area contributed by atoms with Crippen molar-refractivity contribution in [3.63, 3.8) is 0 Å². The quantitative estimate of drug-likeness (QED) is 0.541. The van der Waals surface area contributed by atoms with Crippen molar-refractivity contribution in [3.8, 4) is 11.4 Å². The lowest BCUT2D eigenvalue weighted by molar-refractivity contribution is -0.139. The molecule has 1 atom stereocenters. The predicted octanol–water partition coefficient (Wildman–Crippen LogP) is 3.00. The van der Waals surface area contributed by atoms with Crippen LogP contribution in [0.3, 0.4) is 0 Å². The van der Waals surface area contributed by atoms with Crippen LogP contribution in [-0.4, -0.2) is 81.8 Å². The summed E-state index contributed by atoms with van der Waals surface area (Å²) in [4.78, 5) is 43.9. The lowest BCUT2D eigenvalue weighted by atomic mass is 10.1. The predicted molar refractivity (Wildman–Crippen MR) is 121 cm³/mol. The van der Waals surface area contributed by atoms with E-state index in [1.54, 1.807) is 30.2 Å². The molecule has 0 aromatic carbocycles. The summed E-state index contributed by atoms with van der Waals surface area (Å²) in [5, 5.41) is 3.00. The Morgan fingerprint density at radius 1 is 1.31 bits per heavy atom. The normalized spacial score (nSPS) is 16.4. The van der Waals surface area contributed by atoms with Crippen LogP contribution in [-0.2, 0) is 9.53 Å². The fourth-order valence-corrected chi connectivity index (χ4v) is 3.93. The van der Waals surface area contributed by atoms with Gasteiger partial charge < -0.3 is 24.8 Å². The highest BCUT2D eigenvalue weighted by Crippen LogP contribution is 2.29. The summed E-state index contributed by atoms with van der Waals surface area (Å²) in [6, 6.07) is 2.13. The minimum atomic E-state index is -4.58. The van der Waals surface area contributed by atoms with E-state index in [9.17, 15) is 22.8 Å². The van der Waals surface area contributed by atoms with Crippen molar-refractivity contribution in [2.45, 2.75) is 19.1 Å². The number of hydrogen-bond acceptors (Lipinski definition) is 7. The highest BCUT2D eigenvalue weighted by Gasteiger charge is 2.37. The number of H-pyrrole nitrogens is 1.